The van der Waals surface area contributed by atoms with E-state index in [9.17, 15) is 0 Å². The molecule has 4 aliphatic rings. The molecule has 2 aliphatic carbocycles. The van der Waals surface area contributed by atoms with Crippen molar-refractivity contribution in [1.29, 1.82) is 0 Å². The maximum absolute atomic E-state index is 2.71. The molecule has 0 amide bonds. The maximum Gasteiger partial charge on any atom is 0.254 e. The van der Waals surface area contributed by atoms with E-state index in [4.69, 9.17) is 0 Å². The molecule has 0 radical (unpaired) electrons. The van der Waals surface area contributed by atoms with E-state index in [1.165, 1.54) is 133 Å². The smallest absolute Gasteiger partial charge is 0.254 e. The van der Waals surface area contributed by atoms with Crippen LogP contribution < -0.4 is 31.1 Å². The standard InChI is InChI=1S/C81H78BN3S/c1-51-43-62-64(80(9,10)41-39-78(62,5)6)49-70(51)85-68-36-33-54(52-25-17-13-18-26-52)44-66(68)82-74-71(46-58(47-72(74)85)83(56-29-21-15-22-30-56)57-31-23-16-24-32-57)84(67-37-34-55(77(2,3)4)45-60(67)53-27-19-14-20-28-53)69-38-35-59-61-48-63-65(50-73(61)86-76(59)75(69)82)81(11,12)42-40-79(63,7)8/h13-38,43-50H,39-42H2,1-12H3. The quantitative estimate of drug-likeness (QED) is 0.147. The third-order valence-corrected chi connectivity index (χ3v) is 21.8. The van der Waals surface area contributed by atoms with Crippen molar-refractivity contribution in [3.63, 3.8) is 0 Å². The first-order valence-corrected chi connectivity index (χ1v) is 32.3. The van der Waals surface area contributed by atoms with Crippen molar-refractivity contribution in [2.45, 2.75) is 136 Å². The Morgan fingerprint density at radius 3 is 1.49 bits per heavy atom. The molecule has 3 heterocycles. The number of benzene rings is 10. The molecule has 0 saturated carbocycles. The normalized spacial score (nSPS) is 16.7. The van der Waals surface area contributed by atoms with Crippen molar-refractivity contribution in [3.8, 4) is 22.3 Å². The Balaban J connectivity index is 1.13. The van der Waals surface area contributed by atoms with Crippen LogP contribution in [-0.2, 0) is 27.1 Å². The molecule has 0 atom stereocenters. The summed E-state index contributed by atoms with van der Waals surface area (Å²) in [6.45, 7) is 29.0. The van der Waals surface area contributed by atoms with E-state index in [0.29, 0.717) is 0 Å². The summed E-state index contributed by atoms with van der Waals surface area (Å²) in [4.78, 5) is 7.89. The molecule has 5 heteroatoms. The third-order valence-electron chi connectivity index (χ3n) is 20.6. The minimum absolute atomic E-state index is 0.0104. The molecule has 11 aromatic rings. The van der Waals surface area contributed by atoms with Gasteiger partial charge in [0.25, 0.3) is 6.71 Å². The average Bonchev–Trinajstić information content (AvgIpc) is 1.06. The number of rotatable bonds is 7. The number of fused-ring (bicyclic) bond motifs is 10. The first kappa shape index (κ1) is 54.5. The number of thiophene rings is 1. The van der Waals surface area contributed by atoms with Crippen LogP contribution in [-0.4, -0.2) is 6.71 Å². The predicted molar refractivity (Wildman–Crippen MR) is 373 cm³/mol. The molecule has 2 aliphatic heterocycles. The van der Waals surface area contributed by atoms with Crippen LogP contribution in [0.25, 0.3) is 42.4 Å². The van der Waals surface area contributed by atoms with E-state index in [1.807, 2.05) is 11.3 Å². The lowest BCUT2D eigenvalue weighted by atomic mass is 9.33. The lowest BCUT2D eigenvalue weighted by molar-refractivity contribution is 0.332. The van der Waals surface area contributed by atoms with Gasteiger partial charge in [0.2, 0.25) is 0 Å². The van der Waals surface area contributed by atoms with Crippen LogP contribution in [0.3, 0.4) is 0 Å². The van der Waals surface area contributed by atoms with Crippen LogP contribution in [0, 0.1) is 6.92 Å². The first-order valence-electron chi connectivity index (χ1n) is 31.4. The van der Waals surface area contributed by atoms with Gasteiger partial charge < -0.3 is 14.7 Å². The van der Waals surface area contributed by atoms with E-state index < -0.39 is 0 Å². The molecule has 426 valence electrons. The molecule has 0 unspecified atom stereocenters. The Morgan fingerprint density at radius 2 is 0.907 bits per heavy atom. The highest BCUT2D eigenvalue weighted by Gasteiger charge is 2.48. The van der Waals surface area contributed by atoms with Crippen molar-refractivity contribution in [3.05, 3.63) is 240 Å². The van der Waals surface area contributed by atoms with Crippen molar-refractivity contribution >= 4 is 106 Å². The first-order chi connectivity index (χ1) is 41.2. The van der Waals surface area contributed by atoms with E-state index >= 15 is 0 Å². The zero-order chi connectivity index (χ0) is 59.4. The fourth-order valence-electron chi connectivity index (χ4n) is 15.4. The lowest BCUT2D eigenvalue weighted by Crippen LogP contribution is -2.61. The highest BCUT2D eigenvalue weighted by Crippen LogP contribution is 2.56. The molecular weight excluding hydrogens is 1060 g/mol. The van der Waals surface area contributed by atoms with Gasteiger partial charge in [0, 0.05) is 60.2 Å². The Morgan fingerprint density at radius 1 is 0.407 bits per heavy atom. The van der Waals surface area contributed by atoms with Crippen molar-refractivity contribution in [2.24, 2.45) is 0 Å². The predicted octanol–water partition coefficient (Wildman–Crippen LogP) is 21.2. The molecule has 0 fully saturated rings. The zero-order valence-electron chi connectivity index (χ0n) is 52.3. The van der Waals surface area contributed by atoms with Crippen molar-refractivity contribution in [1.82, 2.24) is 0 Å². The molecule has 0 bridgehead atoms. The Kier molecular flexibility index (Phi) is 12.3. The monoisotopic (exact) mass is 1140 g/mol. The van der Waals surface area contributed by atoms with Crippen LogP contribution in [0.1, 0.15) is 135 Å². The molecule has 15 rings (SSSR count). The van der Waals surface area contributed by atoms with E-state index in [-0.39, 0.29) is 33.8 Å². The molecule has 0 spiro atoms. The van der Waals surface area contributed by atoms with Gasteiger partial charge in [0.1, 0.15) is 0 Å². The van der Waals surface area contributed by atoms with Gasteiger partial charge in [-0.25, -0.2) is 0 Å². The van der Waals surface area contributed by atoms with Gasteiger partial charge in [-0.05, 0) is 210 Å². The minimum atomic E-state index is -0.140. The number of aryl methyl sites for hydroxylation is 1. The number of anilines is 9. The van der Waals surface area contributed by atoms with Crippen LogP contribution in [0.15, 0.2) is 206 Å². The summed E-state index contributed by atoms with van der Waals surface area (Å²) < 4.78 is 2.74. The number of hydrogen-bond acceptors (Lipinski definition) is 4. The second kappa shape index (κ2) is 19.4. The molecule has 1 aromatic heterocycles. The van der Waals surface area contributed by atoms with Gasteiger partial charge >= 0.3 is 0 Å². The van der Waals surface area contributed by atoms with Crippen LogP contribution >= 0.6 is 11.3 Å². The summed E-state index contributed by atoms with van der Waals surface area (Å²) in [6, 6.07) is 79.6. The number of para-hydroxylation sites is 2. The average molecular weight is 1140 g/mol. The number of nitrogens with zero attached hydrogens (tertiary/aromatic N) is 3. The number of hydrogen-bond donors (Lipinski definition) is 0. The van der Waals surface area contributed by atoms with Crippen LogP contribution in [0.2, 0.25) is 0 Å². The summed E-state index contributed by atoms with van der Waals surface area (Å²) in [7, 11) is 0. The molecule has 10 aromatic carbocycles. The molecule has 0 saturated heterocycles. The van der Waals surface area contributed by atoms with Crippen LogP contribution in [0.4, 0.5) is 51.2 Å². The summed E-state index contributed by atoms with van der Waals surface area (Å²) in [6.07, 6.45) is 4.65. The summed E-state index contributed by atoms with van der Waals surface area (Å²) in [5.41, 5.74) is 28.1. The fourth-order valence-corrected chi connectivity index (χ4v) is 16.7. The van der Waals surface area contributed by atoms with Crippen LogP contribution in [0.5, 0.6) is 0 Å². The molecule has 0 N–H and O–H groups in total. The van der Waals surface area contributed by atoms with Gasteiger partial charge in [0.05, 0.1) is 11.4 Å². The Bertz CT molecular complexity index is 4490. The van der Waals surface area contributed by atoms with E-state index in [2.05, 4.69) is 304 Å². The van der Waals surface area contributed by atoms with Crippen molar-refractivity contribution in [2.75, 3.05) is 14.7 Å². The summed E-state index contributed by atoms with van der Waals surface area (Å²) >= 11 is 2.02. The lowest BCUT2D eigenvalue weighted by Gasteiger charge is -2.47. The SMILES string of the molecule is Cc1cc2c(cc1N1c3ccc(-c4ccccc4)cc3B3c4c1cc(N(c1ccccc1)c1ccccc1)cc4N(c1ccc(C(C)(C)C)cc1-c1ccccc1)c1ccc4c(sc5cc6c(cc54)C(C)(C)CCC6(C)C)c13)C(C)(C)CCC2(C)C. The largest absolute Gasteiger partial charge is 0.311 e. The van der Waals surface area contributed by atoms with Gasteiger partial charge in [-0.3, -0.25) is 0 Å². The van der Waals surface area contributed by atoms with Crippen molar-refractivity contribution < 1.29 is 0 Å². The second-order valence-electron chi connectivity index (χ2n) is 29.1. The zero-order valence-corrected chi connectivity index (χ0v) is 53.1. The van der Waals surface area contributed by atoms with E-state index in [0.717, 1.165) is 35.6 Å². The Labute approximate surface area is 515 Å². The summed E-state index contributed by atoms with van der Waals surface area (Å²) in [5.74, 6) is 0. The summed E-state index contributed by atoms with van der Waals surface area (Å²) in [5, 5.41) is 2.72. The highest BCUT2D eigenvalue weighted by atomic mass is 32.1. The van der Waals surface area contributed by atoms with Gasteiger partial charge in [-0.2, -0.15) is 0 Å². The highest BCUT2D eigenvalue weighted by molar-refractivity contribution is 7.28. The fraction of sp³-hybridized carbons (Fsp3) is 0.259. The molecule has 3 nitrogen and oxygen atoms in total. The third kappa shape index (κ3) is 8.57. The maximum atomic E-state index is 2.71. The van der Waals surface area contributed by atoms with Gasteiger partial charge in [-0.15, -0.1) is 11.3 Å². The van der Waals surface area contributed by atoms with Gasteiger partial charge in [0.15, 0.2) is 0 Å². The van der Waals surface area contributed by atoms with E-state index in [1.54, 1.807) is 0 Å². The van der Waals surface area contributed by atoms with Gasteiger partial charge in [-0.1, -0.05) is 204 Å². The minimum Gasteiger partial charge on any atom is -0.311 e. The molecule has 86 heavy (non-hydrogen) atoms. The molecular formula is C81H78BN3S. The topological polar surface area (TPSA) is 9.72 Å². The Hall–Kier alpha value is -8.12. The second-order valence-corrected chi connectivity index (χ2v) is 30.1.